The van der Waals surface area contributed by atoms with E-state index in [4.69, 9.17) is 11.6 Å². The molecule has 0 aliphatic heterocycles. The molecule has 1 saturated carbocycles. The first kappa shape index (κ1) is 22.0. The molecule has 0 heterocycles. The van der Waals surface area contributed by atoms with Gasteiger partial charge in [-0.3, -0.25) is 9.59 Å². The van der Waals surface area contributed by atoms with Crippen LogP contribution in [0, 0.1) is 5.92 Å². The number of benzene rings is 1. The lowest BCUT2D eigenvalue weighted by atomic mass is 9.85. The van der Waals surface area contributed by atoms with Gasteiger partial charge in [-0.25, -0.2) is 4.79 Å². The summed E-state index contributed by atoms with van der Waals surface area (Å²) in [6.45, 7) is 4.11. The molecule has 7 nitrogen and oxygen atoms in total. The molecule has 2 unspecified atom stereocenters. The topological polar surface area (TPSA) is 99.3 Å². The third-order valence-corrected chi connectivity index (χ3v) is 4.87. The van der Waals surface area contributed by atoms with Crippen LogP contribution in [-0.4, -0.2) is 36.5 Å². The molecular formula is C20H29ClN4O3. The van der Waals surface area contributed by atoms with Gasteiger partial charge in [-0.15, -0.1) is 0 Å². The Morgan fingerprint density at radius 2 is 1.82 bits per heavy atom. The first-order valence-electron chi connectivity index (χ1n) is 9.69. The highest BCUT2D eigenvalue weighted by Gasteiger charge is 2.28. The molecule has 28 heavy (non-hydrogen) atoms. The summed E-state index contributed by atoms with van der Waals surface area (Å²) in [4.78, 5) is 36.1. The van der Waals surface area contributed by atoms with E-state index in [0.717, 1.165) is 24.8 Å². The third-order valence-electron chi connectivity index (χ3n) is 4.62. The summed E-state index contributed by atoms with van der Waals surface area (Å²) in [5.74, 6) is -0.276. The summed E-state index contributed by atoms with van der Waals surface area (Å²) in [6, 6.07) is 6.81. The highest BCUT2D eigenvalue weighted by Crippen LogP contribution is 2.24. The Balaban J connectivity index is 1.67. The van der Waals surface area contributed by atoms with Crippen molar-refractivity contribution < 1.29 is 14.4 Å². The van der Waals surface area contributed by atoms with Crippen molar-refractivity contribution in [3.63, 3.8) is 0 Å². The normalized spacial score (nSPS) is 19.0. The number of hydrogen-bond donors (Lipinski definition) is 4. The molecule has 0 spiro atoms. The highest BCUT2D eigenvalue weighted by atomic mass is 35.5. The molecule has 1 aromatic rings. The Morgan fingerprint density at radius 3 is 2.50 bits per heavy atom. The summed E-state index contributed by atoms with van der Waals surface area (Å²) >= 11 is 5.82. The molecule has 154 valence electrons. The van der Waals surface area contributed by atoms with Crippen LogP contribution in [0.25, 0.3) is 0 Å². The second-order valence-electron chi connectivity index (χ2n) is 7.45. The predicted molar refractivity (Wildman–Crippen MR) is 109 cm³/mol. The minimum atomic E-state index is -0.414. The van der Waals surface area contributed by atoms with Crippen molar-refractivity contribution >= 4 is 29.4 Å². The zero-order valence-electron chi connectivity index (χ0n) is 16.4. The SMILES string of the molecule is CC(C)NC(=O)C1CCCC(NC(=O)CNC(=O)NCc2ccc(Cl)cc2)C1. The molecule has 8 heteroatoms. The molecule has 1 fully saturated rings. The molecular weight excluding hydrogens is 380 g/mol. The van der Waals surface area contributed by atoms with Crippen molar-refractivity contribution in [3.8, 4) is 0 Å². The lowest BCUT2D eigenvalue weighted by Crippen LogP contribution is -2.47. The predicted octanol–water partition coefficient (Wildman–Crippen LogP) is 2.34. The van der Waals surface area contributed by atoms with E-state index in [2.05, 4.69) is 21.3 Å². The number of rotatable bonds is 7. The van der Waals surface area contributed by atoms with Crippen molar-refractivity contribution in [3.05, 3.63) is 34.9 Å². The van der Waals surface area contributed by atoms with Crippen LogP contribution < -0.4 is 21.3 Å². The Bertz CT molecular complexity index is 679. The molecule has 2 atom stereocenters. The van der Waals surface area contributed by atoms with Crippen LogP contribution in [0.4, 0.5) is 4.79 Å². The summed E-state index contributed by atoms with van der Waals surface area (Å²) in [5.41, 5.74) is 0.914. The van der Waals surface area contributed by atoms with Crippen LogP contribution in [0.1, 0.15) is 45.1 Å². The third kappa shape index (κ3) is 7.76. The molecule has 1 aromatic carbocycles. The maximum Gasteiger partial charge on any atom is 0.315 e. The zero-order chi connectivity index (χ0) is 20.5. The first-order valence-corrected chi connectivity index (χ1v) is 10.1. The lowest BCUT2D eigenvalue weighted by Gasteiger charge is -2.29. The van der Waals surface area contributed by atoms with E-state index in [1.165, 1.54) is 0 Å². The molecule has 4 amide bonds. The van der Waals surface area contributed by atoms with E-state index in [1.807, 2.05) is 26.0 Å². The van der Waals surface area contributed by atoms with E-state index in [9.17, 15) is 14.4 Å². The Labute approximate surface area is 171 Å². The molecule has 0 saturated heterocycles. The van der Waals surface area contributed by atoms with E-state index >= 15 is 0 Å². The fourth-order valence-electron chi connectivity index (χ4n) is 3.25. The van der Waals surface area contributed by atoms with Crippen LogP contribution >= 0.6 is 11.6 Å². The van der Waals surface area contributed by atoms with E-state index < -0.39 is 6.03 Å². The van der Waals surface area contributed by atoms with E-state index in [0.29, 0.717) is 18.0 Å². The van der Waals surface area contributed by atoms with Gasteiger partial charge in [-0.1, -0.05) is 30.2 Å². The number of carbonyl (C=O) groups is 3. The smallest absolute Gasteiger partial charge is 0.315 e. The fourth-order valence-corrected chi connectivity index (χ4v) is 3.37. The van der Waals surface area contributed by atoms with Crippen LogP contribution in [0.3, 0.4) is 0 Å². The molecule has 0 bridgehead atoms. The van der Waals surface area contributed by atoms with Gasteiger partial charge in [0.2, 0.25) is 11.8 Å². The first-order chi connectivity index (χ1) is 13.3. The Morgan fingerprint density at radius 1 is 1.11 bits per heavy atom. The average Bonchev–Trinajstić information content (AvgIpc) is 2.65. The Kier molecular flexibility index (Phi) is 8.57. The summed E-state index contributed by atoms with van der Waals surface area (Å²) in [6.07, 6.45) is 3.22. The lowest BCUT2D eigenvalue weighted by molar-refractivity contribution is -0.128. The van der Waals surface area contributed by atoms with Crippen LogP contribution in [0.15, 0.2) is 24.3 Å². The number of nitrogens with one attached hydrogen (secondary N) is 4. The van der Waals surface area contributed by atoms with Crippen LogP contribution in [0.2, 0.25) is 5.02 Å². The number of hydrogen-bond acceptors (Lipinski definition) is 3. The second kappa shape index (κ2) is 10.9. The quantitative estimate of drug-likeness (QED) is 0.557. The molecule has 1 aliphatic carbocycles. The van der Waals surface area contributed by atoms with Gasteiger partial charge in [0.05, 0.1) is 6.54 Å². The maximum absolute atomic E-state index is 12.2. The molecule has 4 N–H and O–H groups in total. The summed E-state index contributed by atoms with van der Waals surface area (Å²) in [5, 5.41) is 11.7. The van der Waals surface area contributed by atoms with Crippen molar-refractivity contribution in [2.45, 2.75) is 58.2 Å². The highest BCUT2D eigenvalue weighted by molar-refractivity contribution is 6.30. The van der Waals surface area contributed by atoms with Crippen molar-refractivity contribution in [1.82, 2.24) is 21.3 Å². The molecule has 0 radical (unpaired) electrons. The van der Waals surface area contributed by atoms with Gasteiger partial charge in [0.15, 0.2) is 0 Å². The van der Waals surface area contributed by atoms with E-state index in [1.54, 1.807) is 12.1 Å². The average molecular weight is 409 g/mol. The largest absolute Gasteiger partial charge is 0.354 e. The van der Waals surface area contributed by atoms with Crippen molar-refractivity contribution in [2.24, 2.45) is 5.92 Å². The minimum Gasteiger partial charge on any atom is -0.354 e. The summed E-state index contributed by atoms with van der Waals surface area (Å²) < 4.78 is 0. The number of urea groups is 1. The minimum absolute atomic E-state index is 0.0388. The van der Waals surface area contributed by atoms with Crippen molar-refractivity contribution in [1.29, 1.82) is 0 Å². The molecule has 2 rings (SSSR count). The number of halogens is 1. The summed E-state index contributed by atoms with van der Waals surface area (Å²) in [7, 11) is 0. The second-order valence-corrected chi connectivity index (χ2v) is 7.89. The van der Waals surface area contributed by atoms with Gasteiger partial charge >= 0.3 is 6.03 Å². The molecule has 0 aromatic heterocycles. The standard InChI is InChI=1S/C20H29ClN4O3/c1-13(2)24-19(27)15-4-3-5-17(10-15)25-18(26)12-23-20(28)22-11-14-6-8-16(21)9-7-14/h6-9,13,15,17H,3-5,10-12H2,1-2H3,(H,24,27)(H,25,26)(H2,22,23,28). The van der Waals surface area contributed by atoms with Gasteiger partial charge in [-0.05, 0) is 50.8 Å². The van der Waals surface area contributed by atoms with Crippen LogP contribution in [-0.2, 0) is 16.1 Å². The Hall–Kier alpha value is -2.28. The maximum atomic E-state index is 12.2. The number of amides is 4. The number of carbonyl (C=O) groups excluding carboxylic acids is 3. The van der Waals surface area contributed by atoms with Gasteiger partial charge in [0.25, 0.3) is 0 Å². The molecule has 1 aliphatic rings. The van der Waals surface area contributed by atoms with Crippen LogP contribution in [0.5, 0.6) is 0 Å². The monoisotopic (exact) mass is 408 g/mol. The van der Waals surface area contributed by atoms with E-state index in [-0.39, 0.29) is 36.4 Å². The fraction of sp³-hybridized carbons (Fsp3) is 0.550. The zero-order valence-corrected chi connectivity index (χ0v) is 17.1. The van der Waals surface area contributed by atoms with Gasteiger partial charge in [-0.2, -0.15) is 0 Å². The van der Waals surface area contributed by atoms with Gasteiger partial charge in [0, 0.05) is 29.6 Å². The van der Waals surface area contributed by atoms with Gasteiger partial charge < -0.3 is 21.3 Å². The van der Waals surface area contributed by atoms with Crippen molar-refractivity contribution in [2.75, 3.05) is 6.54 Å². The van der Waals surface area contributed by atoms with Gasteiger partial charge in [0.1, 0.15) is 0 Å².